The van der Waals surface area contributed by atoms with E-state index in [9.17, 15) is 4.79 Å². The third kappa shape index (κ3) is 1.79. The van der Waals surface area contributed by atoms with Gasteiger partial charge in [0.1, 0.15) is 5.78 Å². The minimum absolute atomic E-state index is 0.0226. The Hall–Kier alpha value is -0.330. The molecule has 1 aliphatic rings. The van der Waals surface area contributed by atoms with E-state index in [0.717, 1.165) is 12.8 Å². The van der Waals surface area contributed by atoms with Crippen molar-refractivity contribution in [3.05, 3.63) is 0 Å². The number of Topliss-reactive ketones (excluding diaryl/α,β-unsaturated/α-hetero) is 1. The van der Waals surface area contributed by atoms with Crippen molar-refractivity contribution < 1.29 is 4.79 Å². The van der Waals surface area contributed by atoms with Crippen LogP contribution in [0.5, 0.6) is 0 Å². The van der Waals surface area contributed by atoms with Gasteiger partial charge in [0.2, 0.25) is 0 Å². The van der Waals surface area contributed by atoms with Crippen LogP contribution in [0, 0.1) is 10.8 Å². The predicted octanol–water partition coefficient (Wildman–Crippen LogP) is 3.57. The summed E-state index contributed by atoms with van der Waals surface area (Å²) in [6, 6.07) is 0. The second-order valence-electron chi connectivity index (χ2n) is 5.45. The highest BCUT2D eigenvalue weighted by Gasteiger charge is 2.46. The van der Waals surface area contributed by atoms with Crippen LogP contribution in [0.3, 0.4) is 0 Å². The fourth-order valence-electron chi connectivity index (χ4n) is 2.79. The first-order valence-corrected chi connectivity index (χ1v) is 5.41. The molecule has 0 aromatic rings. The molecule has 0 heterocycles. The summed E-state index contributed by atoms with van der Waals surface area (Å²) in [5.74, 6) is 0.403. The quantitative estimate of drug-likeness (QED) is 0.606. The van der Waals surface area contributed by atoms with Gasteiger partial charge in [0.25, 0.3) is 0 Å². The molecule has 0 aromatic heterocycles. The predicted molar refractivity (Wildman–Crippen MR) is 55.7 cm³/mol. The third-order valence-electron chi connectivity index (χ3n) is 3.82. The highest BCUT2D eigenvalue weighted by Crippen LogP contribution is 2.50. The van der Waals surface area contributed by atoms with Crippen molar-refractivity contribution in [2.75, 3.05) is 0 Å². The van der Waals surface area contributed by atoms with Crippen LogP contribution in [-0.4, -0.2) is 5.78 Å². The van der Waals surface area contributed by atoms with Crippen molar-refractivity contribution in [1.82, 2.24) is 0 Å². The first-order chi connectivity index (χ1) is 5.90. The average Bonchev–Trinajstić information content (AvgIpc) is 2.03. The Balaban J connectivity index is 2.93. The SMILES string of the molecule is CC(=O)C1(C(C)(C)C)CCCCC1. The van der Waals surface area contributed by atoms with Gasteiger partial charge in [0, 0.05) is 5.41 Å². The Morgan fingerprint density at radius 3 is 1.77 bits per heavy atom. The molecule has 1 heteroatoms. The molecule has 0 aliphatic heterocycles. The molecule has 0 saturated heterocycles. The van der Waals surface area contributed by atoms with E-state index in [-0.39, 0.29) is 10.8 Å². The number of hydrogen-bond donors (Lipinski definition) is 0. The van der Waals surface area contributed by atoms with Gasteiger partial charge in [0.15, 0.2) is 0 Å². The van der Waals surface area contributed by atoms with E-state index in [1.807, 2.05) is 0 Å². The van der Waals surface area contributed by atoms with Gasteiger partial charge >= 0.3 is 0 Å². The highest BCUT2D eigenvalue weighted by atomic mass is 16.1. The van der Waals surface area contributed by atoms with E-state index in [2.05, 4.69) is 20.8 Å². The van der Waals surface area contributed by atoms with Gasteiger partial charge < -0.3 is 0 Å². The molecule has 76 valence electrons. The number of carbonyl (C=O) groups is 1. The summed E-state index contributed by atoms with van der Waals surface area (Å²) in [4.78, 5) is 11.8. The van der Waals surface area contributed by atoms with Crippen LogP contribution in [0.4, 0.5) is 0 Å². The lowest BCUT2D eigenvalue weighted by Crippen LogP contribution is -2.43. The van der Waals surface area contributed by atoms with Crippen LogP contribution in [0.25, 0.3) is 0 Å². The highest BCUT2D eigenvalue weighted by molar-refractivity contribution is 5.83. The Morgan fingerprint density at radius 2 is 1.54 bits per heavy atom. The van der Waals surface area contributed by atoms with Crippen molar-refractivity contribution in [1.29, 1.82) is 0 Å². The standard InChI is InChI=1S/C12H22O/c1-10(13)12(11(2,3)4)8-6-5-7-9-12/h5-9H2,1-4H3. The minimum Gasteiger partial charge on any atom is -0.299 e. The molecule has 0 bridgehead atoms. The summed E-state index contributed by atoms with van der Waals surface area (Å²) in [5, 5.41) is 0. The molecule has 13 heavy (non-hydrogen) atoms. The van der Waals surface area contributed by atoms with E-state index in [1.165, 1.54) is 19.3 Å². The molecule has 1 rings (SSSR count). The lowest BCUT2D eigenvalue weighted by molar-refractivity contribution is -0.135. The second-order valence-corrected chi connectivity index (χ2v) is 5.45. The molecule has 0 radical (unpaired) electrons. The van der Waals surface area contributed by atoms with Crippen molar-refractivity contribution >= 4 is 5.78 Å². The lowest BCUT2D eigenvalue weighted by Gasteiger charge is -2.45. The number of rotatable bonds is 1. The molecule has 0 amide bonds. The van der Waals surface area contributed by atoms with Crippen molar-refractivity contribution in [2.24, 2.45) is 10.8 Å². The fraction of sp³-hybridized carbons (Fsp3) is 0.917. The van der Waals surface area contributed by atoms with Gasteiger partial charge in [-0.1, -0.05) is 40.0 Å². The molecular formula is C12H22O. The van der Waals surface area contributed by atoms with E-state index in [4.69, 9.17) is 0 Å². The molecular weight excluding hydrogens is 160 g/mol. The maximum atomic E-state index is 11.8. The normalized spacial score (nSPS) is 22.8. The van der Waals surface area contributed by atoms with E-state index < -0.39 is 0 Å². The molecule has 1 nitrogen and oxygen atoms in total. The average molecular weight is 182 g/mol. The maximum absolute atomic E-state index is 11.8. The topological polar surface area (TPSA) is 17.1 Å². The number of hydrogen-bond acceptors (Lipinski definition) is 1. The maximum Gasteiger partial charge on any atom is 0.136 e. The first kappa shape index (κ1) is 10.7. The monoisotopic (exact) mass is 182 g/mol. The van der Waals surface area contributed by atoms with E-state index >= 15 is 0 Å². The first-order valence-electron chi connectivity index (χ1n) is 5.41. The van der Waals surface area contributed by atoms with Crippen LogP contribution in [-0.2, 0) is 4.79 Å². The molecule has 1 aliphatic carbocycles. The zero-order valence-electron chi connectivity index (χ0n) is 9.44. The summed E-state index contributed by atoms with van der Waals surface area (Å²) in [6.45, 7) is 8.40. The molecule has 0 unspecified atom stereocenters. The van der Waals surface area contributed by atoms with Crippen LogP contribution < -0.4 is 0 Å². The van der Waals surface area contributed by atoms with Gasteiger partial charge in [-0.2, -0.15) is 0 Å². The van der Waals surface area contributed by atoms with E-state index in [1.54, 1.807) is 6.92 Å². The Morgan fingerprint density at radius 1 is 1.08 bits per heavy atom. The fourth-order valence-corrected chi connectivity index (χ4v) is 2.79. The molecule has 1 fully saturated rings. The van der Waals surface area contributed by atoms with Crippen molar-refractivity contribution in [3.8, 4) is 0 Å². The largest absolute Gasteiger partial charge is 0.299 e. The summed E-state index contributed by atoms with van der Waals surface area (Å²) < 4.78 is 0. The Labute approximate surface area is 81.9 Å². The summed E-state index contributed by atoms with van der Waals surface area (Å²) >= 11 is 0. The van der Waals surface area contributed by atoms with Gasteiger partial charge in [-0.25, -0.2) is 0 Å². The number of carbonyl (C=O) groups excluding carboxylic acids is 1. The summed E-state index contributed by atoms with van der Waals surface area (Å²) in [6.07, 6.45) is 5.98. The number of ketones is 1. The Bertz CT molecular complexity index is 192. The molecule has 0 aromatic carbocycles. The lowest BCUT2D eigenvalue weighted by atomic mass is 9.57. The zero-order valence-corrected chi connectivity index (χ0v) is 9.44. The van der Waals surface area contributed by atoms with Gasteiger partial charge in [-0.3, -0.25) is 4.79 Å². The second kappa shape index (κ2) is 3.43. The smallest absolute Gasteiger partial charge is 0.136 e. The van der Waals surface area contributed by atoms with Crippen molar-refractivity contribution in [3.63, 3.8) is 0 Å². The van der Waals surface area contributed by atoms with Crippen LogP contribution in [0.15, 0.2) is 0 Å². The minimum atomic E-state index is -0.0226. The molecule has 0 atom stereocenters. The van der Waals surface area contributed by atoms with Crippen LogP contribution >= 0.6 is 0 Å². The molecule has 0 N–H and O–H groups in total. The van der Waals surface area contributed by atoms with Gasteiger partial charge in [-0.15, -0.1) is 0 Å². The summed E-state index contributed by atoms with van der Waals surface area (Å²) in [5.41, 5.74) is 0.116. The van der Waals surface area contributed by atoms with E-state index in [0.29, 0.717) is 5.78 Å². The van der Waals surface area contributed by atoms with Gasteiger partial charge in [-0.05, 0) is 25.2 Å². The summed E-state index contributed by atoms with van der Waals surface area (Å²) in [7, 11) is 0. The zero-order chi connectivity index (χ0) is 10.1. The van der Waals surface area contributed by atoms with Crippen LogP contribution in [0.2, 0.25) is 0 Å². The van der Waals surface area contributed by atoms with Crippen molar-refractivity contribution in [2.45, 2.75) is 59.8 Å². The van der Waals surface area contributed by atoms with Gasteiger partial charge in [0.05, 0.1) is 0 Å². The Kier molecular flexibility index (Phi) is 2.84. The third-order valence-corrected chi connectivity index (χ3v) is 3.82. The van der Waals surface area contributed by atoms with Crippen LogP contribution in [0.1, 0.15) is 59.8 Å². The molecule has 0 spiro atoms. The molecule has 1 saturated carbocycles.